The number of carbonyl (C=O) groups is 1. The van der Waals surface area contributed by atoms with Gasteiger partial charge in [0.15, 0.2) is 0 Å². The van der Waals surface area contributed by atoms with Crippen LogP contribution in [-0.2, 0) is 29.0 Å². The molecule has 0 amide bonds. The average molecular weight is 378 g/mol. The number of hydrogen-bond acceptors (Lipinski definition) is 4. The molecule has 28 heavy (non-hydrogen) atoms. The molecule has 0 N–H and O–H groups in total. The lowest BCUT2D eigenvalue weighted by Gasteiger charge is -2.15. The summed E-state index contributed by atoms with van der Waals surface area (Å²) >= 11 is 0. The number of fused-ring (bicyclic) bond motifs is 1. The Bertz CT molecular complexity index is 914. The van der Waals surface area contributed by atoms with Gasteiger partial charge in [-0.15, -0.1) is 0 Å². The summed E-state index contributed by atoms with van der Waals surface area (Å²) in [5, 5.41) is 0. The lowest BCUT2D eigenvalue weighted by atomic mass is 9.91. The fourth-order valence-electron chi connectivity index (χ4n) is 3.30. The molecule has 4 nitrogen and oxygen atoms in total. The van der Waals surface area contributed by atoms with Crippen molar-refractivity contribution in [1.29, 1.82) is 0 Å². The third kappa shape index (κ3) is 4.63. The maximum absolute atomic E-state index is 11.8. The van der Waals surface area contributed by atoms with Crippen LogP contribution in [0.25, 0.3) is 6.08 Å². The molecular formula is C24H26O4. The second-order valence-electron chi connectivity index (χ2n) is 6.67. The number of benzene rings is 1. The predicted octanol–water partition coefficient (Wildman–Crippen LogP) is 5.43. The summed E-state index contributed by atoms with van der Waals surface area (Å²) in [6, 6.07) is 7.54. The van der Waals surface area contributed by atoms with Gasteiger partial charge in [-0.25, -0.2) is 0 Å². The Hall–Kier alpha value is -3.01. The van der Waals surface area contributed by atoms with Crippen molar-refractivity contribution in [2.45, 2.75) is 39.7 Å². The number of carbonyl (C=O) groups excluding carboxylic acids is 1. The van der Waals surface area contributed by atoms with Gasteiger partial charge in [0.1, 0.15) is 18.1 Å². The number of para-hydroxylation sites is 1. The summed E-state index contributed by atoms with van der Waals surface area (Å²) in [5.41, 5.74) is 5.13. The van der Waals surface area contributed by atoms with Crippen LogP contribution in [0.4, 0.5) is 0 Å². The first-order valence-electron chi connectivity index (χ1n) is 9.60. The molecule has 1 aromatic heterocycles. The standard InChI is InChI=1S/C24H26O4/c1-4-8-17(3)18-11-12-23-21(13-18)20(16-28-23)15-27-22-10-7-6-9-19(22)14-24(25)26-5-2/h4,6-10,13,16H,3,5,11-12,14-15H2,1-2H3/b8-4-. The molecule has 0 aliphatic heterocycles. The monoisotopic (exact) mass is 378 g/mol. The van der Waals surface area contributed by atoms with E-state index in [2.05, 4.69) is 12.7 Å². The van der Waals surface area contributed by atoms with Crippen LogP contribution in [0.2, 0.25) is 0 Å². The Morgan fingerprint density at radius 2 is 2.07 bits per heavy atom. The highest BCUT2D eigenvalue weighted by Crippen LogP contribution is 2.32. The molecule has 2 aromatic rings. The van der Waals surface area contributed by atoms with Gasteiger partial charge in [0.05, 0.1) is 19.3 Å². The van der Waals surface area contributed by atoms with Gasteiger partial charge in [-0.1, -0.05) is 36.9 Å². The summed E-state index contributed by atoms with van der Waals surface area (Å²) in [4.78, 5) is 11.8. The first kappa shape index (κ1) is 19.7. The fourth-order valence-corrected chi connectivity index (χ4v) is 3.30. The number of ether oxygens (including phenoxy) is 2. The van der Waals surface area contributed by atoms with E-state index in [4.69, 9.17) is 13.9 Å². The molecule has 4 heteroatoms. The fraction of sp³-hybridized carbons (Fsp3) is 0.292. The summed E-state index contributed by atoms with van der Waals surface area (Å²) in [6.45, 7) is 8.68. The van der Waals surface area contributed by atoms with E-state index < -0.39 is 0 Å². The second-order valence-corrected chi connectivity index (χ2v) is 6.67. The molecule has 0 saturated carbocycles. The van der Waals surface area contributed by atoms with E-state index >= 15 is 0 Å². The number of furan rings is 1. The van der Waals surface area contributed by atoms with Crippen LogP contribution in [0.15, 0.2) is 64.8 Å². The van der Waals surface area contributed by atoms with E-state index in [0.717, 1.165) is 40.9 Å². The largest absolute Gasteiger partial charge is 0.488 e. The number of rotatable bonds is 8. The normalized spacial score (nSPS) is 13.1. The average Bonchev–Trinajstić information content (AvgIpc) is 3.10. The molecule has 3 rings (SSSR count). The highest BCUT2D eigenvalue weighted by Gasteiger charge is 2.19. The minimum Gasteiger partial charge on any atom is -0.488 e. The summed E-state index contributed by atoms with van der Waals surface area (Å²) in [7, 11) is 0. The van der Waals surface area contributed by atoms with E-state index in [1.165, 1.54) is 5.57 Å². The molecule has 1 aromatic carbocycles. The Kier molecular flexibility index (Phi) is 6.53. The van der Waals surface area contributed by atoms with Gasteiger partial charge in [-0.2, -0.15) is 0 Å². The zero-order valence-corrected chi connectivity index (χ0v) is 16.5. The number of aryl methyl sites for hydroxylation is 1. The van der Waals surface area contributed by atoms with Crippen LogP contribution in [0.3, 0.4) is 0 Å². The van der Waals surface area contributed by atoms with Gasteiger partial charge in [-0.05, 0) is 43.6 Å². The van der Waals surface area contributed by atoms with Crippen molar-refractivity contribution in [2.24, 2.45) is 0 Å². The van der Waals surface area contributed by atoms with Gasteiger partial charge in [-0.3, -0.25) is 4.79 Å². The van der Waals surface area contributed by atoms with Crippen LogP contribution in [0, 0.1) is 0 Å². The highest BCUT2D eigenvalue weighted by atomic mass is 16.5. The van der Waals surface area contributed by atoms with E-state index in [-0.39, 0.29) is 12.4 Å². The Balaban J connectivity index is 1.75. The van der Waals surface area contributed by atoms with Gasteiger partial charge in [0, 0.05) is 23.1 Å². The second kappa shape index (κ2) is 9.27. The summed E-state index contributed by atoms with van der Waals surface area (Å²) in [6.07, 6.45) is 9.91. The van der Waals surface area contributed by atoms with Gasteiger partial charge in [0.25, 0.3) is 0 Å². The van der Waals surface area contributed by atoms with Gasteiger partial charge < -0.3 is 13.9 Å². The Morgan fingerprint density at radius 3 is 2.86 bits per heavy atom. The van der Waals surface area contributed by atoms with Crippen molar-refractivity contribution in [1.82, 2.24) is 0 Å². The first-order valence-corrected chi connectivity index (χ1v) is 9.60. The Labute approximate surface area is 166 Å². The van der Waals surface area contributed by atoms with Crippen LogP contribution in [0.5, 0.6) is 5.75 Å². The van der Waals surface area contributed by atoms with Gasteiger partial charge in [0.2, 0.25) is 0 Å². The zero-order valence-electron chi connectivity index (χ0n) is 16.5. The molecule has 0 radical (unpaired) electrons. The molecule has 0 saturated heterocycles. The van der Waals surface area contributed by atoms with Crippen molar-refractivity contribution in [3.63, 3.8) is 0 Å². The number of esters is 1. The first-order chi connectivity index (χ1) is 13.6. The van der Waals surface area contributed by atoms with Crippen LogP contribution < -0.4 is 4.74 Å². The van der Waals surface area contributed by atoms with E-state index in [1.807, 2.05) is 43.3 Å². The van der Waals surface area contributed by atoms with E-state index in [9.17, 15) is 4.79 Å². The summed E-state index contributed by atoms with van der Waals surface area (Å²) in [5.74, 6) is 1.41. The molecule has 1 aliphatic carbocycles. The molecule has 0 spiro atoms. The number of hydrogen-bond donors (Lipinski definition) is 0. The van der Waals surface area contributed by atoms with Crippen molar-refractivity contribution in [3.8, 4) is 5.75 Å². The van der Waals surface area contributed by atoms with E-state index in [0.29, 0.717) is 19.0 Å². The molecule has 0 fully saturated rings. The SMILES string of the molecule is C=C(/C=C\C)C1=Cc2c(COc3ccccc3CC(=O)OCC)coc2CC1. The third-order valence-corrected chi connectivity index (χ3v) is 4.71. The molecule has 0 bridgehead atoms. The number of allylic oxidation sites excluding steroid dienone is 4. The maximum atomic E-state index is 11.8. The molecule has 1 aliphatic rings. The minimum absolute atomic E-state index is 0.195. The molecule has 1 heterocycles. The topological polar surface area (TPSA) is 48.7 Å². The van der Waals surface area contributed by atoms with Crippen LogP contribution in [0.1, 0.15) is 42.7 Å². The zero-order chi connectivity index (χ0) is 19.9. The molecule has 0 atom stereocenters. The quantitative estimate of drug-likeness (QED) is 0.454. The summed E-state index contributed by atoms with van der Waals surface area (Å²) < 4.78 is 16.8. The van der Waals surface area contributed by atoms with E-state index in [1.54, 1.807) is 13.2 Å². The lowest BCUT2D eigenvalue weighted by molar-refractivity contribution is -0.142. The highest BCUT2D eigenvalue weighted by molar-refractivity contribution is 5.73. The van der Waals surface area contributed by atoms with Crippen LogP contribution >= 0.6 is 0 Å². The van der Waals surface area contributed by atoms with Crippen molar-refractivity contribution < 1.29 is 18.7 Å². The molecular weight excluding hydrogens is 352 g/mol. The molecule has 146 valence electrons. The lowest BCUT2D eigenvalue weighted by Crippen LogP contribution is -2.09. The minimum atomic E-state index is -0.255. The predicted molar refractivity (Wildman–Crippen MR) is 110 cm³/mol. The molecule has 0 unspecified atom stereocenters. The van der Waals surface area contributed by atoms with Gasteiger partial charge >= 0.3 is 5.97 Å². The third-order valence-electron chi connectivity index (χ3n) is 4.71. The van der Waals surface area contributed by atoms with Crippen molar-refractivity contribution in [2.75, 3.05) is 6.61 Å². The Morgan fingerprint density at radius 1 is 1.25 bits per heavy atom. The van der Waals surface area contributed by atoms with Crippen molar-refractivity contribution in [3.05, 3.63) is 82.9 Å². The van der Waals surface area contributed by atoms with Crippen LogP contribution in [-0.4, -0.2) is 12.6 Å². The maximum Gasteiger partial charge on any atom is 0.310 e. The smallest absolute Gasteiger partial charge is 0.310 e. The van der Waals surface area contributed by atoms with Crippen molar-refractivity contribution >= 4 is 12.0 Å².